The molecule has 1 amide bonds. The number of H-pyrrole nitrogens is 1. The van der Waals surface area contributed by atoms with Crippen LogP contribution >= 0.6 is 0 Å². The molecular weight excluding hydrogens is 433 g/mol. The zero-order chi connectivity index (χ0) is 23.6. The van der Waals surface area contributed by atoms with E-state index < -0.39 is 6.36 Å². The quantitative estimate of drug-likeness (QED) is 0.548. The van der Waals surface area contributed by atoms with E-state index in [1.807, 2.05) is 38.2 Å². The van der Waals surface area contributed by atoms with Crippen molar-refractivity contribution in [1.29, 1.82) is 0 Å². The number of alkyl halides is 3. The minimum absolute atomic E-state index is 0.117. The first-order valence-corrected chi connectivity index (χ1v) is 10.5. The number of amides is 1. The molecule has 1 aliphatic heterocycles. The topological polar surface area (TPSA) is 60.6 Å². The van der Waals surface area contributed by atoms with Crippen molar-refractivity contribution < 1.29 is 22.7 Å². The Balaban J connectivity index is 1.26. The molecule has 1 fully saturated rings. The summed E-state index contributed by atoms with van der Waals surface area (Å²) >= 11 is 0. The minimum atomic E-state index is -4.69. The van der Waals surface area contributed by atoms with Gasteiger partial charge in [0.05, 0.1) is 11.6 Å². The van der Waals surface area contributed by atoms with E-state index >= 15 is 0 Å². The summed E-state index contributed by atoms with van der Waals surface area (Å²) in [5.41, 5.74) is 4.47. The van der Waals surface area contributed by atoms with E-state index in [1.165, 1.54) is 12.1 Å². The van der Waals surface area contributed by atoms with Gasteiger partial charge in [0.1, 0.15) is 5.75 Å². The molecule has 2 N–H and O–H groups in total. The highest BCUT2D eigenvalue weighted by Gasteiger charge is 2.32. The van der Waals surface area contributed by atoms with E-state index in [1.54, 1.807) is 24.4 Å². The second-order valence-electron chi connectivity index (χ2n) is 8.13. The van der Waals surface area contributed by atoms with E-state index in [-0.39, 0.29) is 11.7 Å². The lowest BCUT2D eigenvalue weighted by atomic mass is 10.0. The number of rotatable bonds is 7. The Morgan fingerprint density at radius 2 is 1.82 bits per heavy atom. The lowest BCUT2D eigenvalue weighted by molar-refractivity contribution is -0.274. The van der Waals surface area contributed by atoms with Crippen LogP contribution in [0.15, 0.2) is 60.8 Å². The zero-order valence-electron chi connectivity index (χ0n) is 18.3. The molecule has 0 bridgehead atoms. The van der Waals surface area contributed by atoms with Crippen molar-refractivity contribution in [2.24, 2.45) is 0 Å². The molecule has 33 heavy (non-hydrogen) atoms. The van der Waals surface area contributed by atoms with Gasteiger partial charge in [-0.3, -0.25) is 4.79 Å². The molecule has 1 saturated heterocycles. The molecule has 0 atom stereocenters. The van der Waals surface area contributed by atoms with E-state index in [4.69, 9.17) is 0 Å². The summed E-state index contributed by atoms with van der Waals surface area (Å²) < 4.78 is 40.8. The number of aromatic amines is 1. The monoisotopic (exact) mass is 458 g/mol. The third-order valence-corrected chi connectivity index (χ3v) is 5.73. The van der Waals surface area contributed by atoms with Crippen molar-refractivity contribution >= 4 is 17.3 Å². The largest absolute Gasteiger partial charge is 0.573 e. The number of carbonyl (C=O) groups excluding carboxylic acids is 1. The maximum absolute atomic E-state index is 12.3. The van der Waals surface area contributed by atoms with Crippen molar-refractivity contribution in [3.63, 3.8) is 0 Å². The summed E-state index contributed by atoms with van der Waals surface area (Å²) in [6, 6.07) is 16.0. The van der Waals surface area contributed by atoms with Gasteiger partial charge in [-0.15, -0.1) is 13.2 Å². The van der Waals surface area contributed by atoms with Crippen LogP contribution in [0.4, 0.5) is 24.5 Å². The predicted molar refractivity (Wildman–Crippen MR) is 121 cm³/mol. The maximum atomic E-state index is 12.3. The van der Waals surface area contributed by atoms with Crippen LogP contribution in [-0.4, -0.2) is 43.4 Å². The van der Waals surface area contributed by atoms with Gasteiger partial charge in [0.2, 0.25) is 0 Å². The number of carbonyl (C=O) groups is 1. The van der Waals surface area contributed by atoms with Gasteiger partial charge < -0.3 is 24.8 Å². The summed E-state index contributed by atoms with van der Waals surface area (Å²) in [6.07, 6.45) is -3.00. The molecule has 6 nitrogen and oxygen atoms in total. The molecule has 2 aromatic carbocycles. The lowest BCUT2D eigenvalue weighted by Gasteiger charge is -2.46. The van der Waals surface area contributed by atoms with Crippen LogP contribution in [0.2, 0.25) is 0 Å². The fourth-order valence-electron chi connectivity index (χ4n) is 3.75. The smallest absolute Gasteiger partial charge is 0.406 e. The second kappa shape index (κ2) is 9.09. The number of hydrogen-bond donors (Lipinski definition) is 2. The van der Waals surface area contributed by atoms with Gasteiger partial charge in [0.15, 0.2) is 0 Å². The first-order valence-electron chi connectivity index (χ1n) is 10.5. The summed E-state index contributed by atoms with van der Waals surface area (Å²) in [5.74, 6) is -0.340. The number of hydrogen-bond acceptors (Lipinski definition) is 4. The summed E-state index contributed by atoms with van der Waals surface area (Å²) in [5, 5.41) is 2.91. The van der Waals surface area contributed by atoms with Crippen LogP contribution in [0.25, 0.3) is 0 Å². The number of benzene rings is 2. The van der Waals surface area contributed by atoms with Gasteiger partial charge >= 0.3 is 6.36 Å². The van der Waals surface area contributed by atoms with E-state index in [0.717, 1.165) is 35.7 Å². The molecule has 4 rings (SSSR count). The van der Waals surface area contributed by atoms with Crippen molar-refractivity contribution in [3.8, 4) is 5.75 Å². The number of aryl methyl sites for hydroxylation is 1. The molecule has 0 spiro atoms. The van der Waals surface area contributed by atoms with Crippen LogP contribution in [0, 0.1) is 6.92 Å². The highest BCUT2D eigenvalue weighted by atomic mass is 19.4. The Morgan fingerprint density at radius 1 is 1.15 bits per heavy atom. The van der Waals surface area contributed by atoms with E-state index in [9.17, 15) is 18.0 Å². The van der Waals surface area contributed by atoms with Crippen LogP contribution in [0.5, 0.6) is 5.75 Å². The van der Waals surface area contributed by atoms with Crippen LogP contribution < -0.4 is 19.9 Å². The van der Waals surface area contributed by atoms with Gasteiger partial charge in [0, 0.05) is 49.9 Å². The fraction of sp³-hybridized carbons (Fsp3) is 0.292. The summed E-state index contributed by atoms with van der Waals surface area (Å²) in [4.78, 5) is 19.5. The molecule has 0 unspecified atom stereocenters. The second-order valence-corrected chi connectivity index (χ2v) is 8.13. The van der Waals surface area contributed by atoms with Crippen molar-refractivity contribution in [3.05, 3.63) is 77.6 Å². The highest BCUT2D eigenvalue weighted by molar-refractivity contribution is 5.94. The predicted octanol–water partition coefficient (Wildman–Crippen LogP) is 4.48. The Morgan fingerprint density at radius 3 is 2.39 bits per heavy atom. The number of ether oxygens (including phenoxy) is 1. The average molecular weight is 458 g/mol. The highest BCUT2D eigenvalue weighted by Crippen LogP contribution is 2.29. The van der Waals surface area contributed by atoms with Gasteiger partial charge in [-0.2, -0.15) is 0 Å². The Bertz CT molecular complexity index is 1090. The van der Waals surface area contributed by atoms with Gasteiger partial charge in [-0.05, 0) is 55.0 Å². The third-order valence-electron chi connectivity index (χ3n) is 5.73. The number of nitrogens with zero attached hydrogens (tertiary/aromatic N) is 2. The molecule has 2 heterocycles. The molecule has 0 aliphatic carbocycles. The lowest BCUT2D eigenvalue weighted by Crippen LogP contribution is -2.58. The van der Waals surface area contributed by atoms with Gasteiger partial charge in [-0.1, -0.05) is 12.1 Å². The Kier molecular flexibility index (Phi) is 6.22. The van der Waals surface area contributed by atoms with Crippen molar-refractivity contribution in [2.45, 2.75) is 25.9 Å². The molecule has 0 radical (unpaired) electrons. The molecule has 9 heteroatoms. The minimum Gasteiger partial charge on any atom is -0.406 e. The summed E-state index contributed by atoms with van der Waals surface area (Å²) in [6.45, 7) is 3.88. The van der Waals surface area contributed by atoms with Crippen molar-refractivity contribution in [2.75, 3.05) is 29.9 Å². The van der Waals surface area contributed by atoms with E-state index in [0.29, 0.717) is 18.2 Å². The third kappa shape index (κ3) is 5.60. The van der Waals surface area contributed by atoms with Gasteiger partial charge in [-0.25, -0.2) is 0 Å². The molecule has 3 aromatic rings. The number of halogens is 3. The van der Waals surface area contributed by atoms with Crippen LogP contribution in [0.3, 0.4) is 0 Å². The maximum Gasteiger partial charge on any atom is 0.573 e. The first kappa shape index (κ1) is 22.6. The number of aromatic nitrogens is 1. The molecular formula is C24H25F3N4O2. The normalized spacial score (nSPS) is 14.0. The molecule has 174 valence electrons. The fourth-order valence-corrected chi connectivity index (χ4v) is 3.75. The van der Waals surface area contributed by atoms with Crippen LogP contribution in [-0.2, 0) is 6.54 Å². The molecule has 1 aliphatic rings. The van der Waals surface area contributed by atoms with Crippen LogP contribution in [0.1, 0.15) is 21.6 Å². The summed E-state index contributed by atoms with van der Waals surface area (Å²) in [7, 11) is 2.02. The number of likely N-dealkylation sites (N-methyl/N-ethyl adjacent to an activating group) is 1. The Hall–Kier alpha value is -3.62. The number of anilines is 2. The Labute approximate surface area is 190 Å². The average Bonchev–Trinajstić information content (AvgIpc) is 3.18. The molecule has 0 saturated carbocycles. The van der Waals surface area contributed by atoms with E-state index in [2.05, 4.69) is 24.8 Å². The standard InChI is InChI=1S/C24H25F3N4O2/c1-16-11-18(13-28-16)23(32)29-12-17-3-5-19(6-4-17)30(2)21-14-31(15-21)20-7-9-22(10-8-20)33-24(25,26)27/h3-11,13,21,28H,12,14-15H2,1-2H3,(H,29,32). The SMILES string of the molecule is Cc1cc(C(=O)NCc2ccc(N(C)C3CN(c4ccc(OC(F)(F)F)cc4)C3)cc2)c[nH]1. The zero-order valence-corrected chi connectivity index (χ0v) is 18.3. The first-order chi connectivity index (χ1) is 15.7. The van der Waals surface area contributed by atoms with Gasteiger partial charge in [0.25, 0.3) is 5.91 Å². The van der Waals surface area contributed by atoms with Crippen molar-refractivity contribution in [1.82, 2.24) is 10.3 Å². The molecule has 1 aromatic heterocycles. The number of nitrogens with one attached hydrogen (secondary N) is 2.